The second-order valence-corrected chi connectivity index (χ2v) is 5.81. The lowest BCUT2D eigenvalue weighted by atomic mass is 9.89. The van der Waals surface area contributed by atoms with Crippen LogP contribution in [0.15, 0.2) is 11.6 Å². The van der Waals surface area contributed by atoms with E-state index in [0.717, 1.165) is 25.3 Å². The molecule has 0 aliphatic heterocycles. The van der Waals surface area contributed by atoms with Crippen molar-refractivity contribution in [2.24, 2.45) is 5.92 Å². The van der Waals surface area contributed by atoms with E-state index in [0.29, 0.717) is 19.3 Å². The third kappa shape index (κ3) is 7.14. The lowest BCUT2D eigenvalue weighted by Crippen LogP contribution is -2.33. The molecular formula is C15H29NO2. The van der Waals surface area contributed by atoms with Crippen molar-refractivity contribution < 1.29 is 9.84 Å². The highest BCUT2D eigenvalue weighted by Crippen LogP contribution is 2.25. The minimum atomic E-state index is -0.394. The third-order valence-electron chi connectivity index (χ3n) is 3.52. The highest BCUT2D eigenvalue weighted by molar-refractivity contribution is 4.94. The van der Waals surface area contributed by atoms with Crippen LogP contribution >= 0.6 is 0 Å². The molecule has 0 aromatic heterocycles. The van der Waals surface area contributed by atoms with E-state index in [9.17, 15) is 5.11 Å². The maximum absolute atomic E-state index is 9.79. The lowest BCUT2D eigenvalue weighted by molar-refractivity contribution is -0.0275. The molecule has 1 saturated carbocycles. The van der Waals surface area contributed by atoms with Gasteiger partial charge in [0.05, 0.1) is 18.8 Å². The second kappa shape index (κ2) is 8.68. The summed E-state index contributed by atoms with van der Waals surface area (Å²) >= 11 is 0. The number of hydrogen-bond donors (Lipinski definition) is 2. The van der Waals surface area contributed by atoms with Crippen molar-refractivity contribution in [2.45, 2.75) is 58.7 Å². The van der Waals surface area contributed by atoms with Gasteiger partial charge in [0.25, 0.3) is 0 Å². The molecule has 1 atom stereocenters. The van der Waals surface area contributed by atoms with Gasteiger partial charge in [-0.3, -0.25) is 0 Å². The first-order valence-corrected chi connectivity index (χ1v) is 7.21. The molecule has 2 N–H and O–H groups in total. The third-order valence-corrected chi connectivity index (χ3v) is 3.52. The van der Waals surface area contributed by atoms with Crippen LogP contribution < -0.4 is 5.32 Å². The Morgan fingerprint density at radius 3 is 2.61 bits per heavy atom. The topological polar surface area (TPSA) is 41.5 Å². The normalized spacial score (nSPS) is 25.8. The molecule has 1 aliphatic rings. The first-order valence-electron chi connectivity index (χ1n) is 7.21. The Balaban J connectivity index is 2.02. The van der Waals surface area contributed by atoms with Crippen LogP contribution in [0.5, 0.6) is 0 Å². The Hall–Kier alpha value is -0.380. The van der Waals surface area contributed by atoms with Gasteiger partial charge >= 0.3 is 0 Å². The number of aliphatic hydroxyl groups excluding tert-OH is 1. The Kier molecular flexibility index (Phi) is 7.56. The minimum absolute atomic E-state index is 0.369. The smallest absolute Gasteiger partial charge is 0.0897 e. The summed E-state index contributed by atoms with van der Waals surface area (Å²) in [5.41, 5.74) is 1.30. The maximum atomic E-state index is 9.79. The van der Waals surface area contributed by atoms with E-state index in [-0.39, 0.29) is 0 Å². The van der Waals surface area contributed by atoms with Gasteiger partial charge in [0.1, 0.15) is 0 Å². The zero-order valence-electron chi connectivity index (χ0n) is 12.1. The van der Waals surface area contributed by atoms with Gasteiger partial charge < -0.3 is 15.2 Å². The Morgan fingerprint density at radius 2 is 2.00 bits per heavy atom. The lowest BCUT2D eigenvalue weighted by Gasteiger charge is -2.27. The number of hydrogen-bond acceptors (Lipinski definition) is 3. The van der Waals surface area contributed by atoms with E-state index >= 15 is 0 Å². The zero-order chi connectivity index (χ0) is 13.4. The van der Waals surface area contributed by atoms with Crippen LogP contribution in [0.1, 0.15) is 46.5 Å². The number of allylic oxidation sites excluding steroid dienone is 1. The van der Waals surface area contributed by atoms with Crippen LogP contribution in [0.4, 0.5) is 0 Å². The molecular weight excluding hydrogens is 226 g/mol. The molecule has 0 radical (unpaired) electrons. The summed E-state index contributed by atoms with van der Waals surface area (Å²) in [5.74, 6) is 0.848. The maximum Gasteiger partial charge on any atom is 0.0897 e. The van der Waals surface area contributed by atoms with Gasteiger partial charge in [-0.05, 0) is 45.4 Å². The minimum Gasteiger partial charge on any atom is -0.389 e. The Bertz CT molecular complexity index is 241. The zero-order valence-corrected chi connectivity index (χ0v) is 12.1. The van der Waals surface area contributed by atoms with Crippen LogP contribution in [0.3, 0.4) is 0 Å². The highest BCUT2D eigenvalue weighted by atomic mass is 16.5. The van der Waals surface area contributed by atoms with Crippen molar-refractivity contribution in [2.75, 3.05) is 19.7 Å². The average Bonchev–Trinajstić information content (AvgIpc) is 2.34. The molecule has 0 bridgehead atoms. The second-order valence-electron chi connectivity index (χ2n) is 5.81. The van der Waals surface area contributed by atoms with Crippen molar-refractivity contribution in [1.82, 2.24) is 5.32 Å². The van der Waals surface area contributed by atoms with Gasteiger partial charge in [-0.1, -0.05) is 18.6 Å². The molecule has 1 fully saturated rings. The van der Waals surface area contributed by atoms with E-state index in [1.165, 1.54) is 18.4 Å². The summed E-state index contributed by atoms with van der Waals surface area (Å²) in [4.78, 5) is 0. The predicted octanol–water partition coefficient (Wildman–Crippen LogP) is 2.50. The summed E-state index contributed by atoms with van der Waals surface area (Å²) in [7, 11) is 0. The molecule has 18 heavy (non-hydrogen) atoms. The standard InChI is InChI=1S/C15H29NO2/c1-12(2)8-9-16-10-14(17)11-18-15-6-4-13(3)5-7-15/h8,13-17H,4-7,9-11H2,1-3H3. The summed E-state index contributed by atoms with van der Waals surface area (Å²) in [5, 5.41) is 13.0. The molecule has 1 unspecified atom stereocenters. The number of ether oxygens (including phenoxy) is 1. The van der Waals surface area contributed by atoms with E-state index in [4.69, 9.17) is 4.74 Å². The molecule has 0 amide bonds. The first-order chi connectivity index (χ1) is 8.58. The van der Waals surface area contributed by atoms with Gasteiger partial charge in [-0.15, -0.1) is 0 Å². The van der Waals surface area contributed by atoms with E-state index in [1.807, 2.05) is 0 Å². The van der Waals surface area contributed by atoms with E-state index in [1.54, 1.807) is 0 Å². The summed E-state index contributed by atoms with van der Waals surface area (Å²) < 4.78 is 5.77. The van der Waals surface area contributed by atoms with Crippen molar-refractivity contribution in [3.8, 4) is 0 Å². The molecule has 0 spiro atoms. The highest BCUT2D eigenvalue weighted by Gasteiger charge is 2.19. The molecule has 3 nitrogen and oxygen atoms in total. The van der Waals surface area contributed by atoms with Gasteiger partial charge in [-0.25, -0.2) is 0 Å². The number of aliphatic hydroxyl groups is 1. The van der Waals surface area contributed by atoms with Crippen molar-refractivity contribution in [3.63, 3.8) is 0 Å². The van der Waals surface area contributed by atoms with Crippen LogP contribution in [0, 0.1) is 5.92 Å². The molecule has 0 heterocycles. The number of rotatable bonds is 7. The Labute approximate surface area is 112 Å². The molecule has 0 aromatic carbocycles. The molecule has 0 aromatic rings. The first kappa shape index (κ1) is 15.7. The van der Waals surface area contributed by atoms with E-state index in [2.05, 4.69) is 32.2 Å². The molecule has 1 aliphatic carbocycles. The van der Waals surface area contributed by atoms with Crippen LogP contribution in [-0.2, 0) is 4.74 Å². The van der Waals surface area contributed by atoms with Crippen molar-refractivity contribution >= 4 is 0 Å². The SMILES string of the molecule is CC(C)=CCNCC(O)COC1CCC(C)CC1. The quantitative estimate of drug-likeness (QED) is 0.542. The summed E-state index contributed by atoms with van der Waals surface area (Å²) in [6.07, 6.45) is 6.93. The molecule has 106 valence electrons. The fourth-order valence-electron chi connectivity index (χ4n) is 2.23. The largest absolute Gasteiger partial charge is 0.389 e. The van der Waals surface area contributed by atoms with Crippen molar-refractivity contribution in [1.29, 1.82) is 0 Å². The fraction of sp³-hybridized carbons (Fsp3) is 0.867. The Morgan fingerprint density at radius 1 is 1.33 bits per heavy atom. The van der Waals surface area contributed by atoms with Crippen molar-refractivity contribution in [3.05, 3.63) is 11.6 Å². The van der Waals surface area contributed by atoms with Gasteiger partial charge in [0.2, 0.25) is 0 Å². The summed E-state index contributed by atoms with van der Waals surface area (Å²) in [6, 6.07) is 0. The fourth-order valence-corrected chi connectivity index (χ4v) is 2.23. The molecule has 0 saturated heterocycles. The monoisotopic (exact) mass is 255 g/mol. The summed E-state index contributed by atoms with van der Waals surface area (Å²) in [6.45, 7) is 8.34. The van der Waals surface area contributed by atoms with Crippen LogP contribution in [-0.4, -0.2) is 37.0 Å². The van der Waals surface area contributed by atoms with Gasteiger partial charge in [0.15, 0.2) is 0 Å². The van der Waals surface area contributed by atoms with E-state index < -0.39 is 6.10 Å². The molecule has 3 heteroatoms. The number of nitrogens with one attached hydrogen (secondary N) is 1. The predicted molar refractivity (Wildman–Crippen MR) is 75.7 cm³/mol. The average molecular weight is 255 g/mol. The van der Waals surface area contributed by atoms with Gasteiger partial charge in [0, 0.05) is 13.1 Å². The van der Waals surface area contributed by atoms with Crippen LogP contribution in [0.25, 0.3) is 0 Å². The van der Waals surface area contributed by atoms with Gasteiger partial charge in [-0.2, -0.15) is 0 Å². The molecule has 1 rings (SSSR count). The van der Waals surface area contributed by atoms with Crippen LogP contribution in [0.2, 0.25) is 0 Å².